The van der Waals surface area contributed by atoms with E-state index in [0.717, 1.165) is 17.5 Å². The number of rotatable bonds is 1. The summed E-state index contributed by atoms with van der Waals surface area (Å²) >= 11 is 0. The van der Waals surface area contributed by atoms with Crippen molar-refractivity contribution in [2.24, 2.45) is 0 Å². The van der Waals surface area contributed by atoms with Crippen LogP contribution < -0.4 is 0 Å². The maximum Gasteiger partial charge on any atom is 0.133 e. The summed E-state index contributed by atoms with van der Waals surface area (Å²) in [4.78, 5) is 0. The van der Waals surface area contributed by atoms with E-state index in [9.17, 15) is 8.78 Å². The van der Waals surface area contributed by atoms with Gasteiger partial charge in [-0.15, -0.1) is 0 Å². The van der Waals surface area contributed by atoms with E-state index in [2.05, 4.69) is 12.1 Å². The molecule has 0 amide bonds. The Hall–Kier alpha value is -2.48. The van der Waals surface area contributed by atoms with Crippen LogP contribution >= 0.6 is 0 Å². The van der Waals surface area contributed by atoms with Crippen LogP contribution in [0.4, 0.5) is 8.78 Å². The third-order valence-corrected chi connectivity index (χ3v) is 4.05. The van der Waals surface area contributed by atoms with Gasteiger partial charge >= 0.3 is 0 Å². The number of benzene rings is 3. The number of hydrogen-bond donors (Lipinski definition) is 0. The van der Waals surface area contributed by atoms with Crippen molar-refractivity contribution in [1.29, 1.82) is 0 Å². The Morgan fingerprint density at radius 2 is 1.38 bits per heavy atom. The highest BCUT2D eigenvalue weighted by Gasteiger charge is 2.19. The van der Waals surface area contributed by atoms with Gasteiger partial charge in [-0.05, 0) is 52.4 Å². The molecule has 0 aliphatic heterocycles. The largest absolute Gasteiger partial charge is 0.206 e. The second-order valence-corrected chi connectivity index (χ2v) is 5.30. The van der Waals surface area contributed by atoms with Crippen LogP contribution in [0.15, 0.2) is 60.7 Å². The summed E-state index contributed by atoms with van der Waals surface area (Å²) in [5, 5.41) is 0. The van der Waals surface area contributed by atoms with Crippen molar-refractivity contribution in [3.05, 3.63) is 83.4 Å². The Morgan fingerprint density at radius 1 is 0.667 bits per heavy atom. The van der Waals surface area contributed by atoms with Gasteiger partial charge in [-0.1, -0.05) is 42.5 Å². The first-order chi connectivity index (χ1) is 10.2. The molecule has 0 fully saturated rings. The molecule has 0 spiro atoms. The van der Waals surface area contributed by atoms with E-state index < -0.39 is 11.6 Å². The fourth-order valence-corrected chi connectivity index (χ4v) is 3.07. The third-order valence-electron chi connectivity index (χ3n) is 4.05. The molecule has 1 aliphatic carbocycles. The van der Waals surface area contributed by atoms with Crippen LogP contribution in [0.3, 0.4) is 0 Å². The molecule has 0 saturated carbocycles. The van der Waals surface area contributed by atoms with Crippen molar-refractivity contribution in [2.75, 3.05) is 0 Å². The van der Waals surface area contributed by atoms with Crippen LogP contribution in [0.2, 0.25) is 0 Å². The van der Waals surface area contributed by atoms with Crippen LogP contribution in [0.25, 0.3) is 22.3 Å². The molecule has 0 radical (unpaired) electrons. The lowest BCUT2D eigenvalue weighted by atomic mass is 9.98. The van der Waals surface area contributed by atoms with Crippen LogP contribution in [0, 0.1) is 11.6 Å². The van der Waals surface area contributed by atoms with Crippen molar-refractivity contribution in [1.82, 2.24) is 0 Å². The molecule has 102 valence electrons. The fourth-order valence-electron chi connectivity index (χ4n) is 3.07. The van der Waals surface area contributed by atoms with Gasteiger partial charge in [-0.2, -0.15) is 0 Å². The lowest BCUT2D eigenvalue weighted by Gasteiger charge is -2.08. The molecule has 0 aromatic heterocycles. The van der Waals surface area contributed by atoms with Crippen molar-refractivity contribution < 1.29 is 8.78 Å². The minimum atomic E-state index is -0.523. The molecule has 0 N–H and O–H groups in total. The van der Waals surface area contributed by atoms with Crippen molar-refractivity contribution >= 4 is 0 Å². The standard InChI is InChI=1S/C19H12F2/c20-17-6-3-7-18(21)19(17)13-8-9-16-14(11-13)10-12-4-1-2-5-15(12)16/h1-9,11H,10H2. The first kappa shape index (κ1) is 12.3. The molecule has 0 unspecified atom stereocenters. The van der Waals surface area contributed by atoms with Gasteiger partial charge in [0, 0.05) is 0 Å². The lowest BCUT2D eigenvalue weighted by Crippen LogP contribution is -1.91. The predicted octanol–water partition coefficient (Wildman–Crippen LogP) is 5.20. The summed E-state index contributed by atoms with van der Waals surface area (Å²) in [6, 6.07) is 17.8. The average Bonchev–Trinajstić information content (AvgIpc) is 2.85. The Morgan fingerprint density at radius 3 is 2.19 bits per heavy atom. The smallest absolute Gasteiger partial charge is 0.133 e. The molecule has 0 heterocycles. The lowest BCUT2D eigenvalue weighted by molar-refractivity contribution is 0.589. The molecular weight excluding hydrogens is 266 g/mol. The maximum atomic E-state index is 13.9. The molecular formula is C19H12F2. The monoisotopic (exact) mass is 278 g/mol. The van der Waals surface area contributed by atoms with E-state index in [4.69, 9.17) is 0 Å². The SMILES string of the molecule is Fc1cccc(F)c1-c1ccc2c(c1)Cc1ccccc1-2. The van der Waals surface area contributed by atoms with E-state index in [-0.39, 0.29) is 5.56 Å². The summed E-state index contributed by atoms with van der Waals surface area (Å²) in [5.74, 6) is -1.05. The quantitative estimate of drug-likeness (QED) is 0.449. The molecule has 3 aromatic carbocycles. The van der Waals surface area contributed by atoms with Gasteiger partial charge in [0.25, 0.3) is 0 Å². The van der Waals surface area contributed by atoms with E-state index in [0.29, 0.717) is 5.56 Å². The zero-order chi connectivity index (χ0) is 14.4. The molecule has 21 heavy (non-hydrogen) atoms. The van der Waals surface area contributed by atoms with E-state index in [1.165, 1.54) is 29.3 Å². The third kappa shape index (κ3) is 1.87. The van der Waals surface area contributed by atoms with E-state index >= 15 is 0 Å². The van der Waals surface area contributed by atoms with E-state index in [1.54, 1.807) is 6.07 Å². The molecule has 0 atom stereocenters. The molecule has 4 rings (SSSR count). The fraction of sp³-hybridized carbons (Fsp3) is 0.0526. The summed E-state index contributed by atoms with van der Waals surface area (Å²) in [5.41, 5.74) is 5.41. The van der Waals surface area contributed by atoms with Crippen LogP contribution in [-0.2, 0) is 6.42 Å². The van der Waals surface area contributed by atoms with Gasteiger partial charge in [-0.25, -0.2) is 8.78 Å². The summed E-state index contributed by atoms with van der Waals surface area (Å²) in [6.07, 6.45) is 0.815. The molecule has 3 aromatic rings. The molecule has 0 bridgehead atoms. The first-order valence-corrected chi connectivity index (χ1v) is 6.89. The van der Waals surface area contributed by atoms with Crippen LogP contribution in [0.5, 0.6) is 0 Å². The second-order valence-electron chi connectivity index (χ2n) is 5.30. The van der Waals surface area contributed by atoms with Crippen molar-refractivity contribution in [3.8, 4) is 22.3 Å². The highest BCUT2D eigenvalue weighted by Crippen LogP contribution is 2.39. The van der Waals surface area contributed by atoms with Crippen molar-refractivity contribution in [3.63, 3.8) is 0 Å². The topological polar surface area (TPSA) is 0 Å². The van der Waals surface area contributed by atoms with E-state index in [1.807, 2.05) is 24.3 Å². The minimum absolute atomic E-state index is 0.0521. The Bertz CT molecular complexity index is 830. The van der Waals surface area contributed by atoms with Crippen LogP contribution in [0.1, 0.15) is 11.1 Å². The predicted molar refractivity (Wildman–Crippen MR) is 80.0 cm³/mol. The van der Waals surface area contributed by atoms with Gasteiger partial charge < -0.3 is 0 Å². The van der Waals surface area contributed by atoms with Crippen LogP contribution in [-0.4, -0.2) is 0 Å². The minimum Gasteiger partial charge on any atom is -0.206 e. The summed E-state index contributed by atoms with van der Waals surface area (Å²) in [7, 11) is 0. The van der Waals surface area contributed by atoms with Gasteiger partial charge in [0.2, 0.25) is 0 Å². The Kier molecular flexibility index (Phi) is 2.64. The normalized spacial score (nSPS) is 12.1. The molecule has 2 heteroatoms. The van der Waals surface area contributed by atoms with Gasteiger partial charge in [0.15, 0.2) is 0 Å². The zero-order valence-electron chi connectivity index (χ0n) is 11.2. The number of hydrogen-bond acceptors (Lipinski definition) is 0. The first-order valence-electron chi connectivity index (χ1n) is 6.89. The molecule has 1 aliphatic rings. The number of fused-ring (bicyclic) bond motifs is 3. The Labute approximate surface area is 121 Å². The summed E-state index contributed by atoms with van der Waals surface area (Å²) < 4.78 is 27.8. The second kappa shape index (κ2) is 4.52. The zero-order valence-corrected chi connectivity index (χ0v) is 11.2. The highest BCUT2D eigenvalue weighted by atomic mass is 19.1. The molecule has 0 nitrogen and oxygen atoms in total. The Balaban J connectivity index is 1.88. The summed E-state index contributed by atoms with van der Waals surface area (Å²) in [6.45, 7) is 0. The van der Waals surface area contributed by atoms with Gasteiger partial charge in [0.05, 0.1) is 5.56 Å². The molecule has 0 saturated heterocycles. The average molecular weight is 278 g/mol. The van der Waals surface area contributed by atoms with Crippen molar-refractivity contribution in [2.45, 2.75) is 6.42 Å². The van der Waals surface area contributed by atoms with Gasteiger partial charge in [-0.3, -0.25) is 0 Å². The van der Waals surface area contributed by atoms with Gasteiger partial charge in [0.1, 0.15) is 11.6 Å². The number of halogens is 2. The maximum absolute atomic E-state index is 13.9. The highest BCUT2D eigenvalue weighted by molar-refractivity contribution is 5.80.